The van der Waals surface area contributed by atoms with Crippen molar-refractivity contribution in [2.24, 2.45) is 11.8 Å². The molecule has 2 fully saturated rings. The fraction of sp³-hybridized carbons (Fsp3) is 0.571. The molecule has 2 heterocycles. The summed E-state index contributed by atoms with van der Waals surface area (Å²) in [6.07, 6.45) is 7.77. The minimum absolute atomic E-state index is 0.113. The van der Waals surface area contributed by atoms with Gasteiger partial charge < -0.3 is 4.98 Å². The molecule has 0 aliphatic heterocycles. The van der Waals surface area contributed by atoms with Gasteiger partial charge in [-0.1, -0.05) is 18.9 Å². The van der Waals surface area contributed by atoms with Gasteiger partial charge in [-0.05, 0) is 88.8 Å². The first-order chi connectivity index (χ1) is 17.2. The van der Waals surface area contributed by atoms with Gasteiger partial charge in [0.1, 0.15) is 5.82 Å². The summed E-state index contributed by atoms with van der Waals surface area (Å²) >= 11 is 0. The van der Waals surface area contributed by atoms with Crippen LogP contribution in [0.15, 0.2) is 35.3 Å². The highest BCUT2D eigenvalue weighted by Gasteiger charge is 2.37. The summed E-state index contributed by atoms with van der Waals surface area (Å²) in [5.41, 5.74) is 2.54. The number of aryl methyl sites for hydroxylation is 1. The second-order valence-corrected chi connectivity index (χ2v) is 13.8. The molecule has 1 N–H and O–H groups in total. The third-order valence-corrected chi connectivity index (χ3v) is 11.2. The van der Waals surface area contributed by atoms with Gasteiger partial charge in [0.2, 0.25) is 0 Å². The molecule has 8 heteroatoms. The van der Waals surface area contributed by atoms with Crippen molar-refractivity contribution in [1.29, 1.82) is 0 Å². The molecule has 0 spiro atoms. The fourth-order valence-corrected chi connectivity index (χ4v) is 8.22. The summed E-state index contributed by atoms with van der Waals surface area (Å²) in [7, 11) is -3.13. The van der Waals surface area contributed by atoms with Gasteiger partial charge in [-0.2, -0.15) is 5.10 Å². The van der Waals surface area contributed by atoms with Gasteiger partial charge in [-0.15, -0.1) is 0 Å². The van der Waals surface area contributed by atoms with E-state index in [0.717, 1.165) is 44.1 Å². The maximum absolute atomic E-state index is 14.7. The lowest BCUT2D eigenvalue weighted by atomic mass is 9.86. The summed E-state index contributed by atoms with van der Waals surface area (Å²) in [6, 6.07) is 7.10. The standard InChI is InChI=1S/C28H36FN3O3S/c1-4-32-27-15-21(14-25(29)24(27)16-30-32)26-10-9-23(28(33)31-26)20-11-18-5-6-19(12-20)13-22(8-7-18)36(34,35)17(2)3/h9-10,14-20,22H,4-8,11-13H2,1-3H3,(H,31,33). The van der Waals surface area contributed by atoms with E-state index in [1.54, 1.807) is 18.5 Å². The zero-order valence-electron chi connectivity index (χ0n) is 21.3. The molecule has 4 atom stereocenters. The van der Waals surface area contributed by atoms with E-state index in [-0.39, 0.29) is 27.8 Å². The van der Waals surface area contributed by atoms with Crippen molar-refractivity contribution in [2.45, 2.75) is 88.7 Å². The molecule has 0 saturated heterocycles. The first-order valence-corrected chi connectivity index (χ1v) is 14.9. The normalized spacial score (nSPS) is 25.1. The van der Waals surface area contributed by atoms with Gasteiger partial charge in [0.15, 0.2) is 9.84 Å². The number of aromatic amines is 1. The Bertz CT molecular complexity index is 1430. The molecule has 3 aromatic rings. The van der Waals surface area contributed by atoms with E-state index >= 15 is 0 Å². The van der Waals surface area contributed by atoms with Crippen molar-refractivity contribution >= 4 is 20.7 Å². The largest absolute Gasteiger partial charge is 0.322 e. The van der Waals surface area contributed by atoms with Gasteiger partial charge in [0.05, 0.1) is 27.6 Å². The zero-order chi connectivity index (χ0) is 25.6. The fourth-order valence-electron chi connectivity index (χ4n) is 6.45. The van der Waals surface area contributed by atoms with E-state index in [1.807, 2.05) is 25.1 Å². The van der Waals surface area contributed by atoms with Gasteiger partial charge in [-0.3, -0.25) is 9.48 Å². The summed E-state index contributed by atoms with van der Waals surface area (Å²) in [5.74, 6) is 0.506. The Morgan fingerprint density at radius 1 is 1.08 bits per heavy atom. The van der Waals surface area contributed by atoms with Crippen LogP contribution in [0.4, 0.5) is 4.39 Å². The van der Waals surface area contributed by atoms with Crippen LogP contribution < -0.4 is 5.56 Å². The first-order valence-electron chi connectivity index (χ1n) is 13.3. The van der Waals surface area contributed by atoms with E-state index in [9.17, 15) is 17.6 Å². The number of aromatic nitrogens is 3. The van der Waals surface area contributed by atoms with E-state index in [0.29, 0.717) is 47.0 Å². The van der Waals surface area contributed by atoms with Crippen LogP contribution in [0.25, 0.3) is 22.2 Å². The van der Waals surface area contributed by atoms with E-state index in [2.05, 4.69) is 10.1 Å². The van der Waals surface area contributed by atoms with Crippen molar-refractivity contribution in [3.05, 3.63) is 52.2 Å². The molecule has 194 valence electrons. The molecule has 6 nitrogen and oxygen atoms in total. The number of nitrogens with one attached hydrogen (secondary N) is 1. The van der Waals surface area contributed by atoms with Gasteiger partial charge in [-0.25, -0.2) is 12.8 Å². The molecular weight excluding hydrogens is 477 g/mol. The summed E-state index contributed by atoms with van der Waals surface area (Å²) in [4.78, 5) is 16.3. The average Bonchev–Trinajstić information content (AvgIpc) is 3.18. The molecule has 2 saturated carbocycles. The van der Waals surface area contributed by atoms with Crippen LogP contribution in [0.3, 0.4) is 0 Å². The number of fused-ring (bicyclic) bond motifs is 4. The summed E-state index contributed by atoms with van der Waals surface area (Å²) in [5, 5.41) is 4.09. The molecule has 0 radical (unpaired) electrons. The number of rotatable bonds is 5. The first kappa shape index (κ1) is 25.2. The average molecular weight is 514 g/mol. The number of sulfone groups is 1. The van der Waals surface area contributed by atoms with Gasteiger partial charge in [0.25, 0.3) is 5.56 Å². The third kappa shape index (κ3) is 4.64. The Kier molecular flexibility index (Phi) is 6.83. The van der Waals surface area contributed by atoms with E-state index < -0.39 is 9.84 Å². The predicted octanol–water partition coefficient (Wildman–Crippen LogP) is 5.82. The number of halogens is 1. The van der Waals surface area contributed by atoms with Crippen LogP contribution in [0.5, 0.6) is 0 Å². The van der Waals surface area contributed by atoms with Crippen LogP contribution in [0, 0.1) is 17.7 Å². The Morgan fingerprint density at radius 3 is 2.53 bits per heavy atom. The minimum atomic E-state index is -3.13. The molecule has 1 aromatic carbocycles. The van der Waals surface area contributed by atoms with Crippen LogP contribution in [-0.4, -0.2) is 33.7 Å². The topological polar surface area (TPSA) is 84.8 Å². The second-order valence-electron chi connectivity index (χ2n) is 11.1. The lowest BCUT2D eigenvalue weighted by molar-refractivity contribution is 0.341. The molecule has 36 heavy (non-hydrogen) atoms. The third-order valence-electron chi connectivity index (χ3n) is 8.54. The lowest BCUT2D eigenvalue weighted by Crippen LogP contribution is -2.31. The SMILES string of the molecule is CCn1ncc2c(F)cc(-c3ccc(C4CC5CCC(C4)CC(S(=O)(=O)C(C)C)CC5)c(=O)[nH]3)cc21. The van der Waals surface area contributed by atoms with Crippen molar-refractivity contribution in [3.8, 4) is 11.3 Å². The smallest absolute Gasteiger partial charge is 0.251 e. The van der Waals surface area contributed by atoms with E-state index in [4.69, 9.17) is 0 Å². The highest BCUT2D eigenvalue weighted by atomic mass is 32.2. The maximum Gasteiger partial charge on any atom is 0.251 e. The van der Waals surface area contributed by atoms with Crippen molar-refractivity contribution in [3.63, 3.8) is 0 Å². The Hall–Kier alpha value is -2.48. The van der Waals surface area contributed by atoms with Crippen molar-refractivity contribution in [2.75, 3.05) is 0 Å². The molecule has 2 aromatic heterocycles. The number of pyridine rings is 1. The number of hydrogen-bond acceptors (Lipinski definition) is 4. The number of nitrogens with zero attached hydrogens (tertiary/aromatic N) is 2. The maximum atomic E-state index is 14.7. The van der Waals surface area contributed by atoms with Crippen LogP contribution in [0.2, 0.25) is 0 Å². The Labute approximate surface area is 212 Å². The van der Waals surface area contributed by atoms with Crippen LogP contribution in [-0.2, 0) is 16.4 Å². The van der Waals surface area contributed by atoms with Crippen molar-refractivity contribution in [1.82, 2.24) is 14.8 Å². The molecule has 5 rings (SSSR count). The summed E-state index contributed by atoms with van der Waals surface area (Å²) < 4.78 is 42.4. The predicted molar refractivity (Wildman–Crippen MR) is 141 cm³/mol. The monoisotopic (exact) mass is 513 g/mol. The van der Waals surface area contributed by atoms with Crippen molar-refractivity contribution < 1.29 is 12.8 Å². The number of hydrogen-bond donors (Lipinski definition) is 1. The highest BCUT2D eigenvalue weighted by Crippen LogP contribution is 2.44. The highest BCUT2D eigenvalue weighted by molar-refractivity contribution is 7.92. The lowest BCUT2D eigenvalue weighted by Gasteiger charge is -2.28. The van der Waals surface area contributed by atoms with Crippen LogP contribution >= 0.6 is 0 Å². The molecule has 2 bridgehead atoms. The molecule has 0 amide bonds. The minimum Gasteiger partial charge on any atom is -0.322 e. The van der Waals surface area contributed by atoms with E-state index in [1.165, 1.54) is 12.3 Å². The molecule has 4 unspecified atom stereocenters. The quantitative estimate of drug-likeness (QED) is 0.466. The number of H-pyrrole nitrogens is 1. The number of benzene rings is 1. The van der Waals surface area contributed by atoms with Gasteiger partial charge in [0, 0.05) is 23.4 Å². The summed E-state index contributed by atoms with van der Waals surface area (Å²) in [6.45, 7) is 6.15. The Balaban J connectivity index is 1.43. The Morgan fingerprint density at radius 2 is 1.81 bits per heavy atom. The molecule has 2 aliphatic rings. The zero-order valence-corrected chi connectivity index (χ0v) is 22.2. The molecule has 2 aliphatic carbocycles. The second kappa shape index (κ2) is 9.77. The molecular formula is C28H36FN3O3S. The van der Waals surface area contributed by atoms with Gasteiger partial charge >= 0.3 is 0 Å². The van der Waals surface area contributed by atoms with Crippen LogP contribution in [0.1, 0.15) is 77.2 Å².